The molecule has 5 heteroatoms. The van der Waals surface area contributed by atoms with Crippen molar-refractivity contribution < 1.29 is 8.42 Å². The molecule has 1 rings (SSSR count). The summed E-state index contributed by atoms with van der Waals surface area (Å²) in [6.07, 6.45) is 1.00. The molecule has 0 radical (unpaired) electrons. The molecule has 16 heavy (non-hydrogen) atoms. The van der Waals surface area contributed by atoms with Gasteiger partial charge in [-0.05, 0) is 38.1 Å². The van der Waals surface area contributed by atoms with Gasteiger partial charge < -0.3 is 5.32 Å². The van der Waals surface area contributed by atoms with Crippen LogP contribution in [0.2, 0.25) is 0 Å². The molecule has 0 bridgehead atoms. The van der Waals surface area contributed by atoms with Crippen molar-refractivity contribution in [2.45, 2.75) is 25.2 Å². The van der Waals surface area contributed by atoms with Crippen molar-refractivity contribution in [3.63, 3.8) is 0 Å². The largest absolute Gasteiger partial charge is 0.385 e. The first kappa shape index (κ1) is 13.0. The maximum absolute atomic E-state index is 11.6. The molecular weight excluding hydrogens is 224 g/mol. The van der Waals surface area contributed by atoms with Gasteiger partial charge in [-0.1, -0.05) is 13.0 Å². The minimum Gasteiger partial charge on any atom is -0.385 e. The monoisotopic (exact) mass is 242 g/mol. The Kier molecular flexibility index (Phi) is 4.32. The maximum atomic E-state index is 11.6. The van der Waals surface area contributed by atoms with Crippen molar-refractivity contribution in [2.24, 2.45) is 0 Å². The van der Waals surface area contributed by atoms with Crippen LogP contribution in [0.3, 0.4) is 0 Å². The number of aryl methyl sites for hydroxylation is 1. The summed E-state index contributed by atoms with van der Waals surface area (Å²) in [4.78, 5) is 0.291. The lowest BCUT2D eigenvalue weighted by atomic mass is 10.2. The third kappa shape index (κ3) is 2.96. The lowest BCUT2D eigenvalue weighted by Gasteiger charge is -2.10. The van der Waals surface area contributed by atoms with E-state index in [0.717, 1.165) is 24.2 Å². The van der Waals surface area contributed by atoms with Crippen LogP contribution in [0, 0.1) is 6.92 Å². The van der Waals surface area contributed by atoms with Crippen LogP contribution in [0.1, 0.15) is 18.9 Å². The van der Waals surface area contributed by atoms with E-state index < -0.39 is 10.0 Å². The summed E-state index contributed by atoms with van der Waals surface area (Å²) >= 11 is 0. The molecule has 4 nitrogen and oxygen atoms in total. The zero-order valence-corrected chi connectivity index (χ0v) is 10.7. The highest BCUT2D eigenvalue weighted by Crippen LogP contribution is 2.19. The van der Waals surface area contributed by atoms with Crippen LogP contribution in [-0.4, -0.2) is 22.0 Å². The van der Waals surface area contributed by atoms with E-state index in [-0.39, 0.29) is 0 Å². The van der Waals surface area contributed by atoms with E-state index in [2.05, 4.69) is 17.0 Å². The minimum atomic E-state index is -3.35. The van der Waals surface area contributed by atoms with Gasteiger partial charge in [0.05, 0.1) is 4.90 Å². The average molecular weight is 242 g/mol. The Balaban J connectivity index is 3.07. The highest BCUT2D eigenvalue weighted by Gasteiger charge is 2.12. The Morgan fingerprint density at radius 2 is 2.00 bits per heavy atom. The molecule has 0 heterocycles. The van der Waals surface area contributed by atoms with Gasteiger partial charge in [0.25, 0.3) is 0 Å². The SMILES string of the molecule is CCCNc1cc(S(=O)(=O)NC)ccc1C. The molecule has 2 N–H and O–H groups in total. The fraction of sp³-hybridized carbons (Fsp3) is 0.455. The number of anilines is 1. The first-order valence-corrected chi connectivity index (χ1v) is 6.77. The highest BCUT2D eigenvalue weighted by molar-refractivity contribution is 7.89. The first-order chi connectivity index (χ1) is 7.51. The van der Waals surface area contributed by atoms with Gasteiger partial charge in [-0.3, -0.25) is 0 Å². The molecule has 0 fully saturated rings. The molecule has 0 unspecified atom stereocenters. The van der Waals surface area contributed by atoms with Gasteiger partial charge in [0, 0.05) is 12.2 Å². The average Bonchev–Trinajstić information content (AvgIpc) is 2.27. The van der Waals surface area contributed by atoms with Gasteiger partial charge in [0.2, 0.25) is 10.0 Å². The molecule has 1 aromatic carbocycles. The second-order valence-corrected chi connectivity index (χ2v) is 5.50. The molecule has 0 aliphatic rings. The summed E-state index contributed by atoms with van der Waals surface area (Å²) in [7, 11) is -1.94. The molecule has 0 saturated heterocycles. The highest BCUT2D eigenvalue weighted by atomic mass is 32.2. The Morgan fingerprint density at radius 3 is 2.56 bits per heavy atom. The van der Waals surface area contributed by atoms with Crippen LogP contribution in [0.15, 0.2) is 23.1 Å². The Hall–Kier alpha value is -1.07. The van der Waals surface area contributed by atoms with E-state index in [9.17, 15) is 8.42 Å². The topological polar surface area (TPSA) is 58.2 Å². The van der Waals surface area contributed by atoms with E-state index in [1.165, 1.54) is 7.05 Å². The Morgan fingerprint density at radius 1 is 1.31 bits per heavy atom. The van der Waals surface area contributed by atoms with Gasteiger partial charge in [-0.2, -0.15) is 0 Å². The normalized spacial score (nSPS) is 11.4. The van der Waals surface area contributed by atoms with Gasteiger partial charge in [0.1, 0.15) is 0 Å². The summed E-state index contributed by atoms with van der Waals surface area (Å²) in [6, 6.07) is 5.08. The number of rotatable bonds is 5. The van der Waals surface area contributed by atoms with Crippen molar-refractivity contribution in [3.05, 3.63) is 23.8 Å². The van der Waals surface area contributed by atoms with Crippen LogP contribution in [-0.2, 0) is 10.0 Å². The standard InChI is InChI=1S/C11H18N2O2S/c1-4-7-13-11-8-10(6-5-9(11)2)16(14,15)12-3/h5-6,8,12-13H,4,7H2,1-3H3. The predicted octanol–water partition coefficient (Wildman–Crippen LogP) is 1.73. The lowest BCUT2D eigenvalue weighted by Crippen LogP contribution is -2.18. The quantitative estimate of drug-likeness (QED) is 0.826. The van der Waals surface area contributed by atoms with E-state index in [4.69, 9.17) is 0 Å². The summed E-state index contributed by atoms with van der Waals surface area (Å²) in [5, 5.41) is 3.21. The predicted molar refractivity (Wildman–Crippen MR) is 66.2 cm³/mol. The number of sulfonamides is 1. The molecule has 0 atom stereocenters. The summed E-state index contributed by atoms with van der Waals surface area (Å²) < 4.78 is 25.5. The fourth-order valence-corrected chi connectivity index (χ4v) is 2.09. The fourth-order valence-electron chi connectivity index (χ4n) is 1.34. The molecule has 0 amide bonds. The van der Waals surface area contributed by atoms with Crippen LogP contribution >= 0.6 is 0 Å². The van der Waals surface area contributed by atoms with E-state index in [1.807, 2.05) is 13.0 Å². The van der Waals surface area contributed by atoms with Crippen molar-refractivity contribution in [1.29, 1.82) is 0 Å². The van der Waals surface area contributed by atoms with Gasteiger partial charge >= 0.3 is 0 Å². The molecule has 0 aromatic heterocycles. The van der Waals surface area contributed by atoms with Crippen LogP contribution in [0.4, 0.5) is 5.69 Å². The zero-order valence-electron chi connectivity index (χ0n) is 9.87. The summed E-state index contributed by atoms with van der Waals surface area (Å²) in [5.41, 5.74) is 1.92. The Labute approximate surface area is 97.1 Å². The molecule has 0 saturated carbocycles. The zero-order chi connectivity index (χ0) is 12.2. The van der Waals surface area contributed by atoms with Gasteiger partial charge in [0.15, 0.2) is 0 Å². The van der Waals surface area contributed by atoms with Crippen LogP contribution < -0.4 is 10.0 Å². The van der Waals surface area contributed by atoms with Crippen LogP contribution in [0.5, 0.6) is 0 Å². The van der Waals surface area contributed by atoms with Crippen molar-refractivity contribution in [2.75, 3.05) is 18.9 Å². The molecule has 0 spiro atoms. The number of benzene rings is 1. The molecular formula is C11H18N2O2S. The number of nitrogens with one attached hydrogen (secondary N) is 2. The minimum absolute atomic E-state index is 0.291. The molecule has 0 aliphatic heterocycles. The summed E-state index contributed by atoms with van der Waals surface area (Å²) in [5.74, 6) is 0. The summed E-state index contributed by atoms with van der Waals surface area (Å²) in [6.45, 7) is 4.86. The van der Waals surface area contributed by atoms with E-state index in [1.54, 1.807) is 12.1 Å². The molecule has 1 aromatic rings. The second-order valence-electron chi connectivity index (χ2n) is 3.61. The van der Waals surface area contributed by atoms with E-state index >= 15 is 0 Å². The van der Waals surface area contributed by atoms with Crippen molar-refractivity contribution >= 4 is 15.7 Å². The lowest BCUT2D eigenvalue weighted by molar-refractivity contribution is 0.588. The maximum Gasteiger partial charge on any atom is 0.240 e. The van der Waals surface area contributed by atoms with Crippen LogP contribution in [0.25, 0.3) is 0 Å². The van der Waals surface area contributed by atoms with Crippen molar-refractivity contribution in [1.82, 2.24) is 4.72 Å². The second kappa shape index (κ2) is 5.32. The number of hydrogen-bond acceptors (Lipinski definition) is 3. The van der Waals surface area contributed by atoms with Gasteiger partial charge in [-0.15, -0.1) is 0 Å². The van der Waals surface area contributed by atoms with Crippen molar-refractivity contribution in [3.8, 4) is 0 Å². The first-order valence-electron chi connectivity index (χ1n) is 5.29. The smallest absolute Gasteiger partial charge is 0.240 e. The third-order valence-electron chi connectivity index (χ3n) is 2.35. The van der Waals surface area contributed by atoms with E-state index in [0.29, 0.717) is 4.90 Å². The van der Waals surface area contributed by atoms with Gasteiger partial charge in [-0.25, -0.2) is 13.1 Å². The number of hydrogen-bond donors (Lipinski definition) is 2. The molecule has 90 valence electrons. The molecule has 0 aliphatic carbocycles. The third-order valence-corrected chi connectivity index (χ3v) is 3.77. The Bertz CT molecular complexity index is 455.